The van der Waals surface area contributed by atoms with Crippen LogP contribution in [0.1, 0.15) is 39.3 Å². The molecule has 1 fully saturated rings. The Labute approximate surface area is 126 Å². The first-order chi connectivity index (χ1) is 9.82. The zero-order valence-corrected chi connectivity index (χ0v) is 13.7. The van der Waals surface area contributed by atoms with E-state index < -0.39 is 15.6 Å². The molecule has 0 saturated carbocycles. The van der Waals surface area contributed by atoms with Gasteiger partial charge < -0.3 is 15.0 Å². The summed E-state index contributed by atoms with van der Waals surface area (Å²) >= 11 is 0. The van der Waals surface area contributed by atoms with Gasteiger partial charge in [0.15, 0.2) is 0 Å². The van der Waals surface area contributed by atoms with Gasteiger partial charge in [-0.2, -0.15) is 0 Å². The Kier molecular flexibility index (Phi) is 4.77. The predicted molar refractivity (Wildman–Crippen MR) is 81.4 cm³/mol. The maximum atomic E-state index is 12.6. The van der Waals surface area contributed by atoms with Crippen LogP contribution >= 0.6 is 0 Å². The molecule has 1 aliphatic heterocycles. The van der Waals surface area contributed by atoms with Crippen molar-refractivity contribution in [2.75, 3.05) is 6.61 Å². The molecular weight excluding hydrogens is 290 g/mol. The third kappa shape index (κ3) is 3.31. The molecule has 0 spiro atoms. The van der Waals surface area contributed by atoms with Crippen LogP contribution in [0.3, 0.4) is 0 Å². The minimum absolute atomic E-state index is 0.140. The van der Waals surface area contributed by atoms with Crippen LogP contribution in [-0.2, 0) is 27.8 Å². The second-order valence-electron chi connectivity index (χ2n) is 5.85. The second kappa shape index (κ2) is 6.08. The van der Waals surface area contributed by atoms with Crippen molar-refractivity contribution in [1.82, 2.24) is 9.29 Å². The highest BCUT2D eigenvalue weighted by Gasteiger charge is 2.40. The van der Waals surface area contributed by atoms with Crippen molar-refractivity contribution in [2.24, 2.45) is 5.73 Å². The van der Waals surface area contributed by atoms with E-state index in [9.17, 15) is 8.42 Å². The fourth-order valence-corrected chi connectivity index (χ4v) is 4.18. The van der Waals surface area contributed by atoms with Gasteiger partial charge >= 0.3 is 0 Å². The van der Waals surface area contributed by atoms with Crippen molar-refractivity contribution >= 4 is 10.0 Å². The molecule has 1 saturated heterocycles. The molecule has 0 aromatic carbocycles. The minimum atomic E-state index is -3.57. The van der Waals surface area contributed by atoms with Crippen molar-refractivity contribution < 1.29 is 13.2 Å². The Balaban J connectivity index is 2.27. The van der Waals surface area contributed by atoms with Crippen LogP contribution in [0.5, 0.6) is 0 Å². The normalized spacial score (nSPS) is 26.4. The Morgan fingerprint density at radius 1 is 1.57 bits per heavy atom. The van der Waals surface area contributed by atoms with E-state index in [0.29, 0.717) is 19.6 Å². The lowest BCUT2D eigenvalue weighted by Gasteiger charge is -2.28. The molecule has 2 atom stereocenters. The summed E-state index contributed by atoms with van der Waals surface area (Å²) in [4.78, 5) is 0.275. The third-order valence-corrected chi connectivity index (χ3v) is 5.78. The molecule has 2 heterocycles. The van der Waals surface area contributed by atoms with Gasteiger partial charge in [-0.05, 0) is 32.8 Å². The molecular formula is C14H25N3O3S. The highest BCUT2D eigenvalue weighted by molar-refractivity contribution is 7.89. The Morgan fingerprint density at radius 3 is 2.81 bits per heavy atom. The fourth-order valence-electron chi connectivity index (χ4n) is 2.63. The first-order valence-electron chi connectivity index (χ1n) is 7.37. The Hall–Kier alpha value is -0.890. The van der Waals surface area contributed by atoms with Gasteiger partial charge in [-0.15, -0.1) is 0 Å². The molecule has 1 aromatic heterocycles. The summed E-state index contributed by atoms with van der Waals surface area (Å²) in [6.45, 7) is 7.49. The number of ether oxygens (including phenoxy) is 1. The maximum Gasteiger partial charge on any atom is 0.242 e. The molecule has 120 valence electrons. The van der Waals surface area contributed by atoms with Gasteiger partial charge in [0.25, 0.3) is 0 Å². The average Bonchev–Trinajstić information content (AvgIpc) is 2.95. The van der Waals surface area contributed by atoms with Crippen molar-refractivity contribution in [3.05, 3.63) is 18.0 Å². The highest BCUT2D eigenvalue weighted by Crippen LogP contribution is 2.27. The molecule has 0 radical (unpaired) electrons. The zero-order valence-electron chi connectivity index (χ0n) is 12.9. The molecule has 1 aliphatic rings. The molecule has 0 amide bonds. The number of nitrogens with two attached hydrogens (primary N) is 1. The number of sulfonamides is 1. The van der Waals surface area contributed by atoms with Gasteiger partial charge in [0.1, 0.15) is 0 Å². The number of rotatable bonds is 6. The predicted octanol–water partition coefficient (Wildman–Crippen LogP) is 1.20. The minimum Gasteiger partial charge on any atom is -0.376 e. The van der Waals surface area contributed by atoms with Crippen LogP contribution in [0.2, 0.25) is 0 Å². The fraction of sp³-hybridized carbons (Fsp3) is 0.714. The molecule has 2 unspecified atom stereocenters. The quantitative estimate of drug-likeness (QED) is 0.826. The van der Waals surface area contributed by atoms with Crippen molar-refractivity contribution in [3.8, 4) is 0 Å². The lowest BCUT2D eigenvalue weighted by Crippen LogP contribution is -2.50. The molecule has 0 bridgehead atoms. The van der Waals surface area contributed by atoms with E-state index in [1.165, 1.54) is 0 Å². The monoisotopic (exact) mass is 315 g/mol. The summed E-state index contributed by atoms with van der Waals surface area (Å²) in [6, 6.07) is 1.65. The van der Waals surface area contributed by atoms with E-state index in [-0.39, 0.29) is 11.0 Å². The smallest absolute Gasteiger partial charge is 0.242 e. The van der Waals surface area contributed by atoms with Gasteiger partial charge in [0.05, 0.1) is 16.5 Å². The number of aryl methyl sites for hydroxylation is 1. The molecule has 2 rings (SSSR count). The standard InChI is InChI=1S/C14H25N3O3S/c1-4-6-17-10-13(8-12(17)9-15)21(18,19)16-14(3)5-7-20-11(14)2/h8,10-11,16H,4-7,9,15H2,1-3H3. The van der Waals surface area contributed by atoms with Gasteiger partial charge in [-0.1, -0.05) is 6.92 Å². The molecule has 21 heavy (non-hydrogen) atoms. The molecule has 7 heteroatoms. The average molecular weight is 315 g/mol. The highest BCUT2D eigenvalue weighted by atomic mass is 32.2. The van der Waals surface area contributed by atoms with E-state index in [1.807, 2.05) is 25.3 Å². The zero-order chi connectivity index (χ0) is 15.7. The topological polar surface area (TPSA) is 86.3 Å². The second-order valence-corrected chi connectivity index (χ2v) is 7.53. The summed E-state index contributed by atoms with van der Waals surface area (Å²) < 4.78 is 35.4. The lowest BCUT2D eigenvalue weighted by atomic mass is 9.97. The van der Waals surface area contributed by atoms with E-state index in [0.717, 1.165) is 18.7 Å². The number of hydrogen-bond acceptors (Lipinski definition) is 4. The van der Waals surface area contributed by atoms with Crippen LogP contribution in [0.4, 0.5) is 0 Å². The molecule has 6 nitrogen and oxygen atoms in total. The largest absolute Gasteiger partial charge is 0.376 e. The summed E-state index contributed by atoms with van der Waals surface area (Å²) in [5.41, 5.74) is 5.96. The number of nitrogens with one attached hydrogen (secondary N) is 1. The molecule has 3 N–H and O–H groups in total. The van der Waals surface area contributed by atoms with E-state index in [2.05, 4.69) is 4.72 Å². The van der Waals surface area contributed by atoms with Crippen LogP contribution < -0.4 is 10.5 Å². The van der Waals surface area contributed by atoms with Crippen LogP contribution in [-0.4, -0.2) is 31.2 Å². The number of hydrogen-bond donors (Lipinski definition) is 2. The summed E-state index contributed by atoms with van der Waals surface area (Å²) in [5.74, 6) is 0. The Bertz CT molecular complexity index is 597. The Morgan fingerprint density at radius 2 is 2.29 bits per heavy atom. The van der Waals surface area contributed by atoms with E-state index >= 15 is 0 Å². The first-order valence-corrected chi connectivity index (χ1v) is 8.85. The van der Waals surface area contributed by atoms with E-state index in [1.54, 1.807) is 12.3 Å². The number of nitrogens with zero attached hydrogens (tertiary/aromatic N) is 1. The van der Waals surface area contributed by atoms with Gasteiger partial charge in [-0.3, -0.25) is 0 Å². The van der Waals surface area contributed by atoms with Crippen LogP contribution in [0.25, 0.3) is 0 Å². The summed E-state index contributed by atoms with van der Waals surface area (Å²) in [6.07, 6.45) is 3.13. The summed E-state index contributed by atoms with van der Waals surface area (Å²) in [5, 5.41) is 0. The van der Waals surface area contributed by atoms with Gasteiger partial charge in [-0.25, -0.2) is 13.1 Å². The van der Waals surface area contributed by atoms with Crippen LogP contribution in [0.15, 0.2) is 17.2 Å². The lowest BCUT2D eigenvalue weighted by molar-refractivity contribution is 0.0957. The van der Waals surface area contributed by atoms with Crippen molar-refractivity contribution in [1.29, 1.82) is 0 Å². The van der Waals surface area contributed by atoms with Crippen LogP contribution in [0, 0.1) is 0 Å². The van der Waals surface area contributed by atoms with Crippen molar-refractivity contribution in [3.63, 3.8) is 0 Å². The first kappa shape index (κ1) is 16.5. The third-order valence-electron chi connectivity index (χ3n) is 4.20. The maximum absolute atomic E-state index is 12.6. The SMILES string of the molecule is CCCn1cc(S(=O)(=O)NC2(C)CCOC2C)cc1CN. The summed E-state index contributed by atoms with van der Waals surface area (Å²) in [7, 11) is -3.57. The number of aromatic nitrogens is 1. The molecule has 1 aromatic rings. The van der Waals surface area contributed by atoms with E-state index in [4.69, 9.17) is 10.5 Å². The van der Waals surface area contributed by atoms with Gasteiger partial charge in [0, 0.05) is 31.6 Å². The molecule has 0 aliphatic carbocycles. The van der Waals surface area contributed by atoms with Gasteiger partial charge in [0.2, 0.25) is 10.0 Å². The van der Waals surface area contributed by atoms with Crippen molar-refractivity contribution in [2.45, 2.75) is 63.2 Å².